The molecule has 11 heteroatoms. The van der Waals surface area contributed by atoms with Crippen LogP contribution < -0.4 is 36.3 Å². The van der Waals surface area contributed by atoms with E-state index < -0.39 is 5.91 Å². The monoisotopic (exact) mass is 656 g/mol. The fourth-order valence-corrected chi connectivity index (χ4v) is 4.90. The van der Waals surface area contributed by atoms with E-state index in [-0.39, 0.29) is 22.9 Å². The maximum absolute atomic E-state index is 12.6. The van der Waals surface area contributed by atoms with Crippen molar-refractivity contribution in [3.63, 3.8) is 0 Å². The van der Waals surface area contributed by atoms with E-state index in [1.807, 2.05) is 39.0 Å². The number of aromatic hydroxyl groups is 1. The molecule has 47 heavy (non-hydrogen) atoms. The van der Waals surface area contributed by atoms with Crippen LogP contribution in [-0.4, -0.2) is 37.2 Å². The van der Waals surface area contributed by atoms with Gasteiger partial charge in [0.2, 0.25) is 0 Å². The lowest BCUT2D eigenvalue weighted by atomic mass is 10.0. The molecule has 0 unspecified atom stereocenters. The maximum Gasteiger partial charge on any atom is 0.259 e. The first-order valence-corrected chi connectivity index (χ1v) is 15.2. The molecule has 2 amide bonds. The Bertz CT molecular complexity index is 1900. The van der Waals surface area contributed by atoms with Crippen LogP contribution in [0.2, 0.25) is 5.02 Å². The molecule has 0 radical (unpaired) electrons. The molecule has 10 nitrogen and oxygen atoms in total. The smallest absolute Gasteiger partial charge is 0.259 e. The van der Waals surface area contributed by atoms with Crippen molar-refractivity contribution in [1.29, 1.82) is 0 Å². The number of anilines is 4. The minimum atomic E-state index is -0.459. The number of nitrogens with two attached hydrogens (primary N) is 2. The zero-order valence-electron chi connectivity index (χ0n) is 26.5. The van der Waals surface area contributed by atoms with Crippen molar-refractivity contribution < 1.29 is 28.9 Å². The van der Waals surface area contributed by atoms with Gasteiger partial charge in [0.1, 0.15) is 17.2 Å². The Labute approximate surface area is 278 Å². The normalized spacial score (nSPS) is 10.4. The van der Waals surface area contributed by atoms with Gasteiger partial charge in [0.25, 0.3) is 11.8 Å². The van der Waals surface area contributed by atoms with Gasteiger partial charge in [-0.15, -0.1) is 0 Å². The lowest BCUT2D eigenvalue weighted by Crippen LogP contribution is -2.13. The van der Waals surface area contributed by atoms with Crippen molar-refractivity contribution in [2.24, 2.45) is 0 Å². The van der Waals surface area contributed by atoms with Gasteiger partial charge in [-0.3, -0.25) is 9.59 Å². The predicted octanol–water partition coefficient (Wildman–Crippen LogP) is 7.67. The predicted molar refractivity (Wildman–Crippen MR) is 188 cm³/mol. The number of methoxy groups -OCH3 is 1. The number of carbonyl (C=O) groups is 2. The van der Waals surface area contributed by atoms with Crippen LogP contribution in [0.25, 0.3) is 10.8 Å². The second kappa shape index (κ2) is 15.6. The molecule has 0 saturated carbocycles. The zero-order valence-corrected chi connectivity index (χ0v) is 27.3. The molecular weight excluding hydrogens is 620 g/mol. The van der Waals surface area contributed by atoms with Crippen molar-refractivity contribution in [1.82, 2.24) is 0 Å². The number of halogens is 1. The Balaban J connectivity index is 0.000000215. The van der Waals surface area contributed by atoms with E-state index in [1.165, 1.54) is 0 Å². The van der Waals surface area contributed by atoms with Crippen LogP contribution in [0, 0.1) is 6.92 Å². The average molecular weight is 657 g/mol. The SMILES string of the molecule is CCOc1cc(NC(=O)c2ccccc2)c(OCC)cc1N.COc1ccc2c(N)c(O)c(C(=O)Nc3ccc(Cl)cc3C)cc2c1. The number of fused-ring (bicyclic) bond motifs is 1. The number of nitrogen functional groups attached to an aromatic ring is 2. The van der Waals surface area contributed by atoms with Gasteiger partial charge in [-0.05, 0) is 86.3 Å². The van der Waals surface area contributed by atoms with Crippen molar-refractivity contribution in [3.8, 4) is 23.0 Å². The lowest BCUT2D eigenvalue weighted by Gasteiger charge is -2.15. The van der Waals surface area contributed by atoms with E-state index in [4.69, 9.17) is 37.3 Å². The Morgan fingerprint density at radius 2 is 1.49 bits per heavy atom. The highest BCUT2D eigenvalue weighted by Gasteiger charge is 2.18. The number of phenols is 1. The summed E-state index contributed by atoms with van der Waals surface area (Å²) in [6.45, 7) is 6.54. The second-order valence-corrected chi connectivity index (χ2v) is 10.7. The second-order valence-electron chi connectivity index (χ2n) is 10.3. The van der Waals surface area contributed by atoms with Gasteiger partial charge in [0.05, 0.1) is 42.9 Å². The summed E-state index contributed by atoms with van der Waals surface area (Å²) in [5.41, 5.74) is 15.2. The topological polar surface area (TPSA) is 158 Å². The summed E-state index contributed by atoms with van der Waals surface area (Å²) in [4.78, 5) is 24.9. The minimum Gasteiger partial charge on any atom is -0.505 e. The van der Waals surface area contributed by atoms with Gasteiger partial charge in [0.15, 0.2) is 5.75 Å². The zero-order chi connectivity index (χ0) is 34.1. The fourth-order valence-electron chi connectivity index (χ4n) is 4.67. The van der Waals surface area contributed by atoms with Gasteiger partial charge in [-0.2, -0.15) is 0 Å². The van der Waals surface area contributed by atoms with Crippen molar-refractivity contribution >= 4 is 56.9 Å². The number of carbonyl (C=O) groups excluding carboxylic acids is 2. The molecule has 5 rings (SSSR count). The first-order chi connectivity index (χ1) is 22.6. The molecule has 0 spiro atoms. The summed E-state index contributed by atoms with van der Waals surface area (Å²) >= 11 is 5.93. The van der Waals surface area contributed by atoms with Crippen LogP contribution in [0.5, 0.6) is 23.0 Å². The maximum atomic E-state index is 12.6. The molecule has 0 aliphatic carbocycles. The van der Waals surface area contributed by atoms with Crippen LogP contribution in [0.4, 0.5) is 22.7 Å². The van der Waals surface area contributed by atoms with Crippen LogP contribution in [0.3, 0.4) is 0 Å². The average Bonchev–Trinajstić information content (AvgIpc) is 3.06. The Hall–Kier alpha value is -5.61. The number of amides is 2. The molecular formula is C36H37ClN4O6. The van der Waals surface area contributed by atoms with Gasteiger partial charge >= 0.3 is 0 Å². The Morgan fingerprint density at radius 3 is 2.15 bits per heavy atom. The van der Waals surface area contributed by atoms with E-state index in [0.29, 0.717) is 68.9 Å². The quantitative estimate of drug-likeness (QED) is 0.0798. The largest absolute Gasteiger partial charge is 0.505 e. The Morgan fingerprint density at radius 1 is 0.809 bits per heavy atom. The first kappa shape index (κ1) is 34.3. The van der Waals surface area contributed by atoms with Gasteiger partial charge < -0.3 is 41.4 Å². The van der Waals surface area contributed by atoms with E-state index >= 15 is 0 Å². The lowest BCUT2D eigenvalue weighted by molar-refractivity contribution is 0.101. The highest BCUT2D eigenvalue weighted by molar-refractivity contribution is 6.30. The van der Waals surface area contributed by atoms with Crippen molar-refractivity contribution in [2.75, 3.05) is 42.4 Å². The fraction of sp³-hybridized carbons (Fsp3) is 0.167. The van der Waals surface area contributed by atoms with Crippen LogP contribution in [-0.2, 0) is 0 Å². The molecule has 0 fully saturated rings. The van der Waals surface area contributed by atoms with Crippen LogP contribution in [0.15, 0.2) is 84.9 Å². The minimum absolute atomic E-state index is 0.0904. The molecule has 0 aliphatic heterocycles. The summed E-state index contributed by atoms with van der Waals surface area (Å²) in [6, 6.07) is 24.3. The third-order valence-electron chi connectivity index (χ3n) is 7.04. The van der Waals surface area contributed by atoms with Crippen molar-refractivity contribution in [3.05, 3.63) is 107 Å². The standard InChI is InChI=1S/C19H17ClN2O3.C17H20N2O3/c1-10-7-12(20)3-6-16(10)22-19(24)15-9-11-8-13(25-2)4-5-14(11)17(21)18(15)23;1-3-21-15-11-14(16(22-4-2)10-13(15)18)19-17(20)12-8-6-5-7-9-12/h3-9,23H,21H2,1-2H3,(H,22,24);5-11H,3-4,18H2,1-2H3,(H,19,20). The third kappa shape index (κ3) is 8.36. The number of rotatable bonds is 9. The molecule has 244 valence electrons. The molecule has 0 aromatic heterocycles. The van der Waals surface area contributed by atoms with Gasteiger partial charge in [-0.25, -0.2) is 0 Å². The first-order valence-electron chi connectivity index (χ1n) is 14.8. The molecule has 7 N–H and O–H groups in total. The van der Waals surface area contributed by atoms with Crippen molar-refractivity contribution in [2.45, 2.75) is 20.8 Å². The molecule has 0 heterocycles. The molecule has 0 bridgehead atoms. The van der Waals surface area contributed by atoms with Gasteiger partial charge in [-0.1, -0.05) is 29.8 Å². The summed E-state index contributed by atoms with van der Waals surface area (Å²) in [5, 5.41) is 17.9. The summed E-state index contributed by atoms with van der Waals surface area (Å²) in [7, 11) is 1.56. The number of ether oxygens (including phenoxy) is 3. The molecule has 0 atom stereocenters. The summed E-state index contributed by atoms with van der Waals surface area (Å²) in [5.74, 6) is 0.759. The highest BCUT2D eigenvalue weighted by Crippen LogP contribution is 2.37. The van der Waals surface area contributed by atoms with Crippen LogP contribution >= 0.6 is 11.6 Å². The number of phenolic OH excluding ortho intramolecular Hbond substituents is 1. The number of hydrogen-bond acceptors (Lipinski definition) is 8. The third-order valence-corrected chi connectivity index (χ3v) is 7.27. The van der Waals surface area contributed by atoms with Gasteiger partial charge in [0, 0.05) is 33.8 Å². The molecule has 5 aromatic carbocycles. The summed E-state index contributed by atoms with van der Waals surface area (Å²) in [6.07, 6.45) is 0. The molecule has 0 aliphatic rings. The van der Waals surface area contributed by atoms with E-state index in [2.05, 4.69) is 10.6 Å². The number of nitrogens with one attached hydrogen (secondary N) is 2. The number of hydrogen-bond donors (Lipinski definition) is 5. The number of aryl methyl sites for hydroxylation is 1. The van der Waals surface area contributed by atoms with E-state index in [1.54, 1.807) is 73.8 Å². The molecule has 0 saturated heterocycles. The molecule has 5 aromatic rings. The number of benzene rings is 5. The summed E-state index contributed by atoms with van der Waals surface area (Å²) < 4.78 is 16.2. The van der Waals surface area contributed by atoms with Crippen LogP contribution in [0.1, 0.15) is 40.1 Å². The van der Waals surface area contributed by atoms with E-state index in [0.717, 1.165) is 5.56 Å². The van der Waals surface area contributed by atoms with E-state index in [9.17, 15) is 14.7 Å². The highest BCUT2D eigenvalue weighted by atomic mass is 35.5. The Kier molecular flexibility index (Phi) is 11.4.